The summed E-state index contributed by atoms with van der Waals surface area (Å²) < 4.78 is 1.65. The predicted molar refractivity (Wildman–Crippen MR) is 74.8 cm³/mol. The summed E-state index contributed by atoms with van der Waals surface area (Å²) in [5.74, 6) is 4.78. The second-order valence-corrected chi connectivity index (χ2v) is 4.40. The molecule has 1 amide bonds. The number of carbonyl (C=O) groups is 1. The number of hydrogen-bond acceptors (Lipinski definition) is 4. The zero-order chi connectivity index (χ0) is 14.1. The Morgan fingerprint density at radius 3 is 2.75 bits per heavy atom. The summed E-state index contributed by atoms with van der Waals surface area (Å²) in [6.07, 6.45) is 1.50. The van der Waals surface area contributed by atoms with Gasteiger partial charge in [-0.3, -0.25) is 10.2 Å². The molecular formula is C14H13N5O. The Bertz CT molecular complexity index is 779. The van der Waals surface area contributed by atoms with Crippen molar-refractivity contribution in [1.82, 2.24) is 20.0 Å². The van der Waals surface area contributed by atoms with Crippen LogP contribution in [0.25, 0.3) is 16.9 Å². The Hall–Kier alpha value is -2.73. The third-order valence-electron chi connectivity index (χ3n) is 3.17. The number of aromatic nitrogens is 3. The molecule has 1 aromatic carbocycles. The van der Waals surface area contributed by atoms with Gasteiger partial charge < -0.3 is 0 Å². The molecule has 0 saturated heterocycles. The Balaban J connectivity index is 2.17. The van der Waals surface area contributed by atoms with Crippen molar-refractivity contribution in [1.29, 1.82) is 0 Å². The summed E-state index contributed by atoms with van der Waals surface area (Å²) in [6.45, 7) is 1.81. The van der Waals surface area contributed by atoms with E-state index in [2.05, 4.69) is 15.5 Å². The molecule has 20 heavy (non-hydrogen) atoms. The van der Waals surface area contributed by atoms with E-state index in [1.807, 2.05) is 36.4 Å². The minimum absolute atomic E-state index is 0.381. The number of benzene rings is 1. The highest BCUT2D eigenvalue weighted by atomic mass is 16.2. The first kappa shape index (κ1) is 12.3. The van der Waals surface area contributed by atoms with Crippen molar-refractivity contribution in [2.75, 3.05) is 0 Å². The van der Waals surface area contributed by atoms with Gasteiger partial charge in [-0.2, -0.15) is 5.10 Å². The number of carbonyl (C=O) groups excluding carboxylic acids is 1. The summed E-state index contributed by atoms with van der Waals surface area (Å²) in [4.78, 5) is 15.9. The summed E-state index contributed by atoms with van der Waals surface area (Å²) >= 11 is 0. The lowest BCUT2D eigenvalue weighted by atomic mass is 10.2. The molecule has 0 fully saturated rings. The molecule has 0 aliphatic heterocycles. The van der Waals surface area contributed by atoms with Crippen LogP contribution in [0.2, 0.25) is 0 Å². The van der Waals surface area contributed by atoms with Gasteiger partial charge in [-0.25, -0.2) is 15.3 Å². The molecule has 0 spiro atoms. The molecular weight excluding hydrogens is 254 g/mol. The second-order valence-electron chi connectivity index (χ2n) is 4.40. The first-order chi connectivity index (χ1) is 9.70. The molecule has 0 atom stereocenters. The first-order valence-corrected chi connectivity index (χ1v) is 6.12. The van der Waals surface area contributed by atoms with Gasteiger partial charge in [0.2, 0.25) is 0 Å². The molecule has 0 bridgehead atoms. The normalized spacial score (nSPS) is 10.7. The number of rotatable bonds is 2. The number of amides is 1. The van der Waals surface area contributed by atoms with E-state index < -0.39 is 0 Å². The Morgan fingerprint density at radius 2 is 2.05 bits per heavy atom. The molecule has 3 aromatic rings. The molecule has 6 heteroatoms. The van der Waals surface area contributed by atoms with Crippen molar-refractivity contribution in [2.24, 2.45) is 5.84 Å². The molecule has 0 unspecified atom stereocenters. The van der Waals surface area contributed by atoms with Crippen LogP contribution in [-0.4, -0.2) is 20.5 Å². The molecule has 3 rings (SSSR count). The zero-order valence-electron chi connectivity index (χ0n) is 10.9. The predicted octanol–water partition coefficient (Wildman–Crippen LogP) is 1.31. The maximum atomic E-state index is 11.6. The molecule has 2 aromatic heterocycles. The van der Waals surface area contributed by atoms with Crippen LogP contribution in [-0.2, 0) is 0 Å². The van der Waals surface area contributed by atoms with Crippen molar-refractivity contribution in [3.63, 3.8) is 0 Å². The maximum absolute atomic E-state index is 11.6. The smallest absolute Gasteiger partial charge is 0.268 e. The molecule has 6 nitrogen and oxygen atoms in total. The SMILES string of the molecule is Cc1c(C(=O)NN)cnc2cc(-c3ccccc3)nn12. The quantitative estimate of drug-likeness (QED) is 0.416. The molecule has 0 aliphatic carbocycles. The van der Waals surface area contributed by atoms with Gasteiger partial charge >= 0.3 is 0 Å². The topological polar surface area (TPSA) is 85.3 Å². The van der Waals surface area contributed by atoms with E-state index in [0.29, 0.717) is 16.9 Å². The lowest BCUT2D eigenvalue weighted by Crippen LogP contribution is -2.31. The lowest BCUT2D eigenvalue weighted by Gasteiger charge is -2.04. The van der Waals surface area contributed by atoms with Crippen molar-refractivity contribution >= 4 is 11.6 Å². The van der Waals surface area contributed by atoms with E-state index >= 15 is 0 Å². The first-order valence-electron chi connectivity index (χ1n) is 6.12. The van der Waals surface area contributed by atoms with Crippen LogP contribution in [0.3, 0.4) is 0 Å². The molecule has 2 heterocycles. The highest BCUT2D eigenvalue weighted by Gasteiger charge is 2.13. The minimum atomic E-state index is -0.381. The average molecular weight is 267 g/mol. The van der Waals surface area contributed by atoms with Crippen LogP contribution in [0.15, 0.2) is 42.6 Å². The van der Waals surface area contributed by atoms with Crippen LogP contribution in [0.1, 0.15) is 16.1 Å². The minimum Gasteiger partial charge on any atom is -0.290 e. The number of aryl methyl sites for hydroxylation is 1. The van der Waals surface area contributed by atoms with Gasteiger partial charge in [0.05, 0.1) is 17.0 Å². The summed E-state index contributed by atoms with van der Waals surface area (Å²) in [7, 11) is 0. The molecule has 0 saturated carbocycles. The zero-order valence-corrected chi connectivity index (χ0v) is 10.9. The number of nitrogens with two attached hydrogens (primary N) is 1. The highest BCUT2D eigenvalue weighted by Crippen LogP contribution is 2.20. The fraction of sp³-hybridized carbons (Fsp3) is 0.0714. The van der Waals surface area contributed by atoms with Gasteiger partial charge in [0.25, 0.3) is 5.91 Å². The number of nitrogens with zero attached hydrogens (tertiary/aromatic N) is 3. The lowest BCUT2D eigenvalue weighted by molar-refractivity contribution is 0.0952. The van der Waals surface area contributed by atoms with Crippen molar-refractivity contribution in [3.8, 4) is 11.3 Å². The average Bonchev–Trinajstić information content (AvgIpc) is 2.93. The van der Waals surface area contributed by atoms with E-state index in [9.17, 15) is 4.79 Å². The Morgan fingerprint density at radius 1 is 1.30 bits per heavy atom. The van der Waals surface area contributed by atoms with Crippen LogP contribution in [0.4, 0.5) is 0 Å². The van der Waals surface area contributed by atoms with E-state index in [-0.39, 0.29) is 5.91 Å². The van der Waals surface area contributed by atoms with E-state index in [0.717, 1.165) is 11.3 Å². The van der Waals surface area contributed by atoms with Gasteiger partial charge in [0.1, 0.15) is 0 Å². The number of nitrogen functional groups attached to an aromatic ring is 1. The van der Waals surface area contributed by atoms with Crippen molar-refractivity contribution < 1.29 is 4.79 Å². The molecule has 0 aliphatic rings. The van der Waals surface area contributed by atoms with Crippen molar-refractivity contribution in [3.05, 3.63) is 53.9 Å². The van der Waals surface area contributed by atoms with Gasteiger partial charge in [0, 0.05) is 17.8 Å². The standard InChI is InChI=1S/C14H13N5O/c1-9-11(14(20)17-15)8-16-13-7-12(18-19(9)13)10-5-3-2-4-6-10/h2-8H,15H2,1H3,(H,17,20). The fourth-order valence-electron chi connectivity index (χ4n) is 2.10. The third-order valence-corrected chi connectivity index (χ3v) is 3.17. The molecule has 0 radical (unpaired) electrons. The maximum Gasteiger partial charge on any atom is 0.268 e. The summed E-state index contributed by atoms with van der Waals surface area (Å²) in [5.41, 5.74) is 5.71. The number of fused-ring (bicyclic) bond motifs is 1. The van der Waals surface area contributed by atoms with Gasteiger partial charge in [0.15, 0.2) is 5.65 Å². The van der Waals surface area contributed by atoms with Crippen molar-refractivity contribution in [2.45, 2.75) is 6.92 Å². The fourth-order valence-corrected chi connectivity index (χ4v) is 2.10. The second kappa shape index (κ2) is 4.75. The van der Waals surface area contributed by atoms with E-state index in [4.69, 9.17) is 5.84 Å². The Labute approximate surface area is 115 Å². The van der Waals surface area contributed by atoms with Gasteiger partial charge in [-0.15, -0.1) is 0 Å². The van der Waals surface area contributed by atoms with Crippen LogP contribution in [0, 0.1) is 6.92 Å². The van der Waals surface area contributed by atoms with Gasteiger partial charge in [-0.05, 0) is 6.92 Å². The number of hydrazine groups is 1. The third kappa shape index (κ3) is 1.92. The monoisotopic (exact) mass is 267 g/mol. The van der Waals surface area contributed by atoms with E-state index in [1.165, 1.54) is 6.20 Å². The largest absolute Gasteiger partial charge is 0.290 e. The molecule has 100 valence electrons. The van der Waals surface area contributed by atoms with Crippen LogP contribution >= 0.6 is 0 Å². The Kier molecular flexibility index (Phi) is 2.92. The highest BCUT2D eigenvalue weighted by molar-refractivity contribution is 5.94. The van der Waals surface area contributed by atoms with Crippen LogP contribution in [0.5, 0.6) is 0 Å². The van der Waals surface area contributed by atoms with Gasteiger partial charge in [-0.1, -0.05) is 30.3 Å². The van der Waals surface area contributed by atoms with E-state index in [1.54, 1.807) is 11.4 Å². The summed E-state index contributed by atoms with van der Waals surface area (Å²) in [6, 6.07) is 11.7. The number of nitrogens with one attached hydrogen (secondary N) is 1. The number of hydrogen-bond donors (Lipinski definition) is 2. The van der Waals surface area contributed by atoms with Crippen LogP contribution < -0.4 is 11.3 Å². The summed E-state index contributed by atoms with van der Waals surface area (Å²) in [5, 5.41) is 4.49. The molecule has 3 N–H and O–H groups in total.